The van der Waals surface area contributed by atoms with Crippen LogP contribution in [-0.2, 0) is 9.53 Å². The quantitative estimate of drug-likeness (QED) is 0.850. The third kappa shape index (κ3) is 3.06. The molecule has 0 radical (unpaired) electrons. The third-order valence-electron chi connectivity index (χ3n) is 2.38. The van der Waals surface area contributed by atoms with Crippen LogP contribution in [-0.4, -0.2) is 18.6 Å². The van der Waals surface area contributed by atoms with Crippen molar-refractivity contribution >= 4 is 33.2 Å². The van der Waals surface area contributed by atoms with E-state index in [9.17, 15) is 4.79 Å². The highest BCUT2D eigenvalue weighted by Gasteiger charge is 2.31. The van der Waals surface area contributed by atoms with Gasteiger partial charge >= 0.3 is 5.97 Å². The summed E-state index contributed by atoms with van der Waals surface area (Å²) in [6, 6.07) is 4.10. The van der Waals surface area contributed by atoms with Crippen LogP contribution < -0.4 is 5.32 Å². The second-order valence-electron chi connectivity index (χ2n) is 3.77. The molecule has 1 heterocycles. The Kier molecular flexibility index (Phi) is 4.00. The van der Waals surface area contributed by atoms with Gasteiger partial charge < -0.3 is 4.74 Å². The Bertz CT molecular complexity index is 376. The lowest BCUT2D eigenvalue weighted by atomic mass is 10.2. The summed E-state index contributed by atoms with van der Waals surface area (Å²) in [5.41, 5.74) is 0. The molecule has 1 fully saturated rings. The van der Waals surface area contributed by atoms with Gasteiger partial charge in [-0.05, 0) is 47.8 Å². The maximum absolute atomic E-state index is 11.8. The maximum Gasteiger partial charge on any atom is 0.328 e. The molecule has 0 aliphatic heterocycles. The van der Waals surface area contributed by atoms with Gasteiger partial charge in [0.25, 0.3) is 0 Å². The molecule has 1 atom stereocenters. The second kappa shape index (κ2) is 5.29. The summed E-state index contributed by atoms with van der Waals surface area (Å²) in [5.74, 6) is -0.177. The van der Waals surface area contributed by atoms with Gasteiger partial charge in [0.1, 0.15) is 6.04 Å². The molecule has 1 aliphatic carbocycles. The van der Waals surface area contributed by atoms with E-state index in [4.69, 9.17) is 4.74 Å². The summed E-state index contributed by atoms with van der Waals surface area (Å²) in [4.78, 5) is 12.8. The zero-order valence-corrected chi connectivity index (χ0v) is 11.4. The summed E-state index contributed by atoms with van der Waals surface area (Å²) in [6.45, 7) is 2.25. The first-order chi connectivity index (χ1) is 7.70. The Balaban J connectivity index is 2.09. The highest BCUT2D eigenvalue weighted by atomic mass is 79.9. The van der Waals surface area contributed by atoms with Gasteiger partial charge in [-0.3, -0.25) is 5.32 Å². The van der Waals surface area contributed by atoms with E-state index in [1.54, 1.807) is 11.3 Å². The topological polar surface area (TPSA) is 38.3 Å². The normalized spacial score (nSPS) is 17.1. The first-order valence-electron chi connectivity index (χ1n) is 5.38. The van der Waals surface area contributed by atoms with Crippen LogP contribution >= 0.6 is 27.3 Å². The van der Waals surface area contributed by atoms with Crippen molar-refractivity contribution in [2.75, 3.05) is 6.61 Å². The Hall–Kier alpha value is -0.390. The lowest BCUT2D eigenvalue weighted by Gasteiger charge is -2.15. The molecule has 1 aliphatic rings. The van der Waals surface area contributed by atoms with E-state index in [0.29, 0.717) is 12.6 Å². The number of esters is 1. The molecular formula is C11H14BrNO2S. The van der Waals surface area contributed by atoms with Crippen LogP contribution in [0.4, 0.5) is 0 Å². The van der Waals surface area contributed by atoms with Crippen LogP contribution in [0.15, 0.2) is 15.9 Å². The fraction of sp³-hybridized carbons (Fsp3) is 0.545. The molecule has 0 bridgehead atoms. The minimum atomic E-state index is -0.302. The number of hydrogen-bond acceptors (Lipinski definition) is 4. The highest BCUT2D eigenvalue weighted by Crippen LogP contribution is 2.31. The molecule has 0 saturated heterocycles. The van der Waals surface area contributed by atoms with E-state index >= 15 is 0 Å². The number of carbonyl (C=O) groups excluding carboxylic acids is 1. The fourth-order valence-corrected chi connectivity index (χ4v) is 2.93. The number of halogens is 1. The van der Waals surface area contributed by atoms with Gasteiger partial charge in [-0.15, -0.1) is 11.3 Å². The van der Waals surface area contributed by atoms with E-state index in [0.717, 1.165) is 21.5 Å². The largest absolute Gasteiger partial charge is 0.465 e. The van der Waals surface area contributed by atoms with Gasteiger partial charge in [-0.1, -0.05) is 0 Å². The van der Waals surface area contributed by atoms with Crippen molar-refractivity contribution in [2.45, 2.75) is 31.8 Å². The Morgan fingerprint density at radius 2 is 2.44 bits per heavy atom. The van der Waals surface area contributed by atoms with E-state index < -0.39 is 0 Å². The molecule has 1 N–H and O–H groups in total. The van der Waals surface area contributed by atoms with Crippen molar-refractivity contribution in [2.24, 2.45) is 0 Å². The molecule has 1 saturated carbocycles. The summed E-state index contributed by atoms with van der Waals surface area (Å²) in [6.07, 6.45) is 2.31. The molecule has 1 aromatic rings. The molecular weight excluding hydrogens is 290 g/mol. The Labute approximate surface area is 107 Å². The fourth-order valence-electron chi connectivity index (χ4n) is 1.46. The van der Waals surface area contributed by atoms with Crippen molar-refractivity contribution in [1.82, 2.24) is 5.32 Å². The van der Waals surface area contributed by atoms with Crippen LogP contribution in [0.1, 0.15) is 30.7 Å². The molecule has 0 spiro atoms. The van der Waals surface area contributed by atoms with Crippen LogP contribution in [0.5, 0.6) is 0 Å². The summed E-state index contributed by atoms with van der Waals surface area (Å²) < 4.78 is 6.12. The number of nitrogens with one attached hydrogen (secondary N) is 1. The maximum atomic E-state index is 11.8. The standard InChI is InChI=1S/C11H14BrNO2S/c1-2-15-11(14)10(13-7-3-4-7)8-5-6-9(12)16-8/h5-7,10,13H,2-4H2,1H3. The predicted molar refractivity (Wildman–Crippen MR) is 67.6 cm³/mol. The molecule has 1 aromatic heterocycles. The molecule has 16 heavy (non-hydrogen) atoms. The second-order valence-corrected chi connectivity index (χ2v) is 6.26. The molecule has 5 heteroatoms. The molecule has 1 unspecified atom stereocenters. The van der Waals surface area contributed by atoms with Crippen molar-refractivity contribution < 1.29 is 9.53 Å². The van der Waals surface area contributed by atoms with Gasteiger partial charge in [0.2, 0.25) is 0 Å². The predicted octanol–water partition coefficient (Wildman–Crippen LogP) is 2.87. The van der Waals surface area contributed by atoms with Gasteiger partial charge in [-0.25, -0.2) is 4.79 Å². The van der Waals surface area contributed by atoms with Crippen LogP contribution in [0.2, 0.25) is 0 Å². The third-order valence-corrected chi connectivity index (χ3v) is 4.07. The average Bonchev–Trinajstić information content (AvgIpc) is 2.97. The van der Waals surface area contributed by atoms with E-state index in [2.05, 4.69) is 21.2 Å². The minimum Gasteiger partial charge on any atom is -0.465 e. The lowest BCUT2D eigenvalue weighted by molar-refractivity contribution is -0.145. The van der Waals surface area contributed by atoms with Crippen molar-refractivity contribution in [3.8, 4) is 0 Å². The summed E-state index contributed by atoms with van der Waals surface area (Å²) in [7, 11) is 0. The van der Waals surface area contributed by atoms with Crippen LogP contribution in [0.25, 0.3) is 0 Å². The SMILES string of the molecule is CCOC(=O)C(NC1CC1)c1ccc(Br)s1. The van der Waals surface area contributed by atoms with Gasteiger partial charge in [0.05, 0.1) is 10.4 Å². The number of thiophene rings is 1. The van der Waals surface area contributed by atoms with Crippen LogP contribution in [0, 0.1) is 0 Å². The number of hydrogen-bond donors (Lipinski definition) is 1. The van der Waals surface area contributed by atoms with Crippen LogP contribution in [0.3, 0.4) is 0 Å². The first kappa shape index (κ1) is 12.1. The van der Waals surface area contributed by atoms with Gasteiger partial charge in [0, 0.05) is 10.9 Å². The van der Waals surface area contributed by atoms with Crippen molar-refractivity contribution in [3.05, 3.63) is 20.8 Å². The lowest BCUT2D eigenvalue weighted by Crippen LogP contribution is -2.31. The smallest absolute Gasteiger partial charge is 0.328 e. The summed E-state index contributed by atoms with van der Waals surface area (Å²) >= 11 is 4.98. The van der Waals surface area contributed by atoms with Gasteiger partial charge in [-0.2, -0.15) is 0 Å². The molecule has 2 rings (SSSR count). The summed E-state index contributed by atoms with van der Waals surface area (Å²) in [5, 5.41) is 3.32. The van der Waals surface area contributed by atoms with Gasteiger partial charge in [0.15, 0.2) is 0 Å². The number of ether oxygens (including phenoxy) is 1. The average molecular weight is 304 g/mol. The van der Waals surface area contributed by atoms with E-state index in [-0.39, 0.29) is 12.0 Å². The van der Waals surface area contributed by atoms with Crippen molar-refractivity contribution in [1.29, 1.82) is 0 Å². The van der Waals surface area contributed by atoms with Crippen molar-refractivity contribution in [3.63, 3.8) is 0 Å². The zero-order valence-electron chi connectivity index (χ0n) is 9.03. The number of rotatable bonds is 5. The molecule has 0 aromatic carbocycles. The molecule has 0 amide bonds. The first-order valence-corrected chi connectivity index (χ1v) is 6.99. The minimum absolute atomic E-state index is 0.177. The highest BCUT2D eigenvalue weighted by molar-refractivity contribution is 9.11. The zero-order chi connectivity index (χ0) is 11.5. The Morgan fingerprint density at radius 1 is 1.69 bits per heavy atom. The molecule has 88 valence electrons. The monoisotopic (exact) mass is 303 g/mol. The number of carbonyl (C=O) groups is 1. The van der Waals surface area contributed by atoms with E-state index in [1.807, 2.05) is 19.1 Å². The molecule has 3 nitrogen and oxygen atoms in total. The Morgan fingerprint density at radius 3 is 2.94 bits per heavy atom. The van der Waals surface area contributed by atoms with E-state index in [1.165, 1.54) is 0 Å².